The Balaban J connectivity index is 1.65. The highest BCUT2D eigenvalue weighted by Gasteiger charge is 2.24. The lowest BCUT2D eigenvalue weighted by molar-refractivity contribution is 0.109. The molecule has 0 aromatic heterocycles. The van der Waals surface area contributed by atoms with E-state index >= 15 is 0 Å². The molecule has 1 aliphatic carbocycles. The molecule has 2 heteroatoms. The van der Waals surface area contributed by atoms with Gasteiger partial charge in [0.05, 0.1) is 0 Å². The fourth-order valence-corrected chi connectivity index (χ4v) is 2.72. The SMILES string of the molecule is CC1CCCCN1C(C)CCNC1CC1. The van der Waals surface area contributed by atoms with E-state index in [4.69, 9.17) is 0 Å². The molecule has 2 unspecified atom stereocenters. The van der Waals surface area contributed by atoms with E-state index in [2.05, 4.69) is 24.1 Å². The standard InChI is InChI=1S/C13H26N2/c1-11-5-3-4-10-15(11)12(2)8-9-14-13-6-7-13/h11-14H,3-10H2,1-2H3. The summed E-state index contributed by atoms with van der Waals surface area (Å²) in [7, 11) is 0. The summed E-state index contributed by atoms with van der Waals surface area (Å²) in [6.07, 6.45) is 8.39. The van der Waals surface area contributed by atoms with Crippen LogP contribution in [0.4, 0.5) is 0 Å². The van der Waals surface area contributed by atoms with E-state index in [-0.39, 0.29) is 0 Å². The summed E-state index contributed by atoms with van der Waals surface area (Å²) in [5, 5.41) is 3.61. The van der Waals surface area contributed by atoms with Crippen LogP contribution in [-0.2, 0) is 0 Å². The van der Waals surface area contributed by atoms with Gasteiger partial charge in [0.1, 0.15) is 0 Å². The number of likely N-dealkylation sites (tertiary alicyclic amines) is 1. The maximum absolute atomic E-state index is 3.61. The highest BCUT2D eigenvalue weighted by molar-refractivity contribution is 4.82. The summed E-state index contributed by atoms with van der Waals surface area (Å²) in [5.74, 6) is 0. The van der Waals surface area contributed by atoms with Gasteiger partial charge in [-0.1, -0.05) is 6.42 Å². The zero-order chi connectivity index (χ0) is 10.7. The van der Waals surface area contributed by atoms with Crippen molar-refractivity contribution in [2.75, 3.05) is 13.1 Å². The lowest BCUT2D eigenvalue weighted by Crippen LogP contribution is -2.44. The second-order valence-corrected chi connectivity index (χ2v) is 5.45. The fourth-order valence-electron chi connectivity index (χ4n) is 2.72. The molecule has 1 saturated carbocycles. The zero-order valence-corrected chi connectivity index (χ0v) is 10.3. The number of hydrogen-bond acceptors (Lipinski definition) is 2. The molecule has 2 aliphatic rings. The normalized spacial score (nSPS) is 30.4. The first-order valence-corrected chi connectivity index (χ1v) is 6.76. The van der Waals surface area contributed by atoms with Gasteiger partial charge in [-0.25, -0.2) is 0 Å². The number of nitrogens with zero attached hydrogens (tertiary/aromatic N) is 1. The minimum absolute atomic E-state index is 0.770. The predicted molar refractivity (Wildman–Crippen MR) is 65.1 cm³/mol. The molecular weight excluding hydrogens is 184 g/mol. The van der Waals surface area contributed by atoms with Crippen molar-refractivity contribution in [3.05, 3.63) is 0 Å². The van der Waals surface area contributed by atoms with E-state index in [1.54, 1.807) is 0 Å². The van der Waals surface area contributed by atoms with Crippen molar-refractivity contribution < 1.29 is 0 Å². The molecule has 0 aromatic rings. The number of hydrogen-bond donors (Lipinski definition) is 1. The molecule has 2 atom stereocenters. The van der Waals surface area contributed by atoms with E-state index in [9.17, 15) is 0 Å². The molecule has 2 fully saturated rings. The first kappa shape index (κ1) is 11.4. The van der Waals surface area contributed by atoms with Crippen LogP contribution in [0.25, 0.3) is 0 Å². The van der Waals surface area contributed by atoms with Crippen LogP contribution >= 0.6 is 0 Å². The molecule has 1 aliphatic heterocycles. The van der Waals surface area contributed by atoms with Crippen LogP contribution in [0.1, 0.15) is 52.4 Å². The molecule has 1 heterocycles. The monoisotopic (exact) mass is 210 g/mol. The highest BCUT2D eigenvalue weighted by Crippen LogP contribution is 2.21. The van der Waals surface area contributed by atoms with Crippen molar-refractivity contribution in [1.82, 2.24) is 10.2 Å². The van der Waals surface area contributed by atoms with Gasteiger partial charge < -0.3 is 5.32 Å². The summed E-state index contributed by atoms with van der Waals surface area (Å²) in [6.45, 7) is 7.33. The van der Waals surface area contributed by atoms with Crippen molar-refractivity contribution in [1.29, 1.82) is 0 Å². The molecule has 0 amide bonds. The highest BCUT2D eigenvalue weighted by atomic mass is 15.2. The molecule has 2 rings (SSSR count). The van der Waals surface area contributed by atoms with Crippen molar-refractivity contribution in [3.63, 3.8) is 0 Å². The Kier molecular flexibility index (Phi) is 4.04. The summed E-state index contributed by atoms with van der Waals surface area (Å²) >= 11 is 0. The van der Waals surface area contributed by atoms with Crippen LogP contribution in [0.2, 0.25) is 0 Å². The molecule has 15 heavy (non-hydrogen) atoms. The van der Waals surface area contributed by atoms with Gasteiger partial charge >= 0.3 is 0 Å². The third-order valence-electron chi connectivity index (χ3n) is 3.99. The Labute approximate surface area is 94.4 Å². The molecule has 0 radical (unpaired) electrons. The van der Waals surface area contributed by atoms with E-state index in [1.807, 2.05) is 0 Å². The summed E-state index contributed by atoms with van der Waals surface area (Å²) < 4.78 is 0. The van der Waals surface area contributed by atoms with E-state index in [0.29, 0.717) is 0 Å². The van der Waals surface area contributed by atoms with Crippen LogP contribution in [0.5, 0.6) is 0 Å². The molecular formula is C13H26N2. The topological polar surface area (TPSA) is 15.3 Å². The summed E-state index contributed by atoms with van der Waals surface area (Å²) in [5.41, 5.74) is 0. The van der Waals surface area contributed by atoms with E-state index in [0.717, 1.165) is 18.1 Å². The predicted octanol–water partition coefficient (Wildman–Crippen LogP) is 2.39. The summed E-state index contributed by atoms with van der Waals surface area (Å²) in [4.78, 5) is 2.71. The van der Waals surface area contributed by atoms with Gasteiger partial charge in [0.2, 0.25) is 0 Å². The van der Waals surface area contributed by atoms with Gasteiger partial charge in [0.25, 0.3) is 0 Å². The average Bonchev–Trinajstić information content (AvgIpc) is 3.02. The second-order valence-electron chi connectivity index (χ2n) is 5.45. The van der Waals surface area contributed by atoms with Crippen molar-refractivity contribution in [3.8, 4) is 0 Å². The lowest BCUT2D eigenvalue weighted by atomic mass is 10.0. The van der Waals surface area contributed by atoms with Crippen LogP contribution in [-0.4, -0.2) is 36.1 Å². The number of nitrogens with one attached hydrogen (secondary N) is 1. The van der Waals surface area contributed by atoms with E-state index < -0.39 is 0 Å². The minimum Gasteiger partial charge on any atom is -0.314 e. The van der Waals surface area contributed by atoms with Gasteiger partial charge in [-0.3, -0.25) is 4.90 Å². The number of rotatable bonds is 5. The smallest absolute Gasteiger partial charge is 0.00818 e. The second kappa shape index (κ2) is 5.31. The maximum Gasteiger partial charge on any atom is 0.00818 e. The van der Waals surface area contributed by atoms with Crippen molar-refractivity contribution in [2.45, 2.75) is 70.5 Å². The first-order chi connectivity index (χ1) is 7.27. The molecule has 0 bridgehead atoms. The van der Waals surface area contributed by atoms with Gasteiger partial charge in [-0.05, 0) is 59.0 Å². The van der Waals surface area contributed by atoms with Gasteiger partial charge in [-0.15, -0.1) is 0 Å². The van der Waals surface area contributed by atoms with Crippen molar-refractivity contribution in [2.24, 2.45) is 0 Å². The Morgan fingerprint density at radius 1 is 1.27 bits per heavy atom. The van der Waals surface area contributed by atoms with Gasteiger partial charge in [0.15, 0.2) is 0 Å². The maximum atomic E-state index is 3.61. The van der Waals surface area contributed by atoms with Crippen LogP contribution in [0.15, 0.2) is 0 Å². The Hall–Kier alpha value is -0.0800. The summed E-state index contributed by atoms with van der Waals surface area (Å²) in [6, 6.07) is 2.46. The molecule has 1 N–H and O–H groups in total. The largest absolute Gasteiger partial charge is 0.314 e. The molecule has 1 saturated heterocycles. The third-order valence-corrected chi connectivity index (χ3v) is 3.99. The Bertz CT molecular complexity index is 189. The van der Waals surface area contributed by atoms with Gasteiger partial charge in [-0.2, -0.15) is 0 Å². The zero-order valence-electron chi connectivity index (χ0n) is 10.3. The molecule has 0 aromatic carbocycles. The number of piperidine rings is 1. The Morgan fingerprint density at radius 3 is 2.73 bits per heavy atom. The lowest BCUT2D eigenvalue weighted by Gasteiger charge is -2.38. The van der Waals surface area contributed by atoms with Crippen LogP contribution in [0, 0.1) is 0 Å². The first-order valence-electron chi connectivity index (χ1n) is 6.76. The molecule has 2 nitrogen and oxygen atoms in total. The Morgan fingerprint density at radius 2 is 2.07 bits per heavy atom. The van der Waals surface area contributed by atoms with Crippen LogP contribution < -0.4 is 5.32 Å². The quantitative estimate of drug-likeness (QED) is 0.749. The molecule has 0 spiro atoms. The third kappa shape index (κ3) is 3.46. The minimum atomic E-state index is 0.770. The average molecular weight is 210 g/mol. The van der Waals surface area contributed by atoms with E-state index in [1.165, 1.54) is 51.6 Å². The van der Waals surface area contributed by atoms with Gasteiger partial charge in [0, 0.05) is 18.1 Å². The van der Waals surface area contributed by atoms with Crippen LogP contribution in [0.3, 0.4) is 0 Å². The molecule has 88 valence electrons. The fraction of sp³-hybridized carbons (Fsp3) is 1.00. The van der Waals surface area contributed by atoms with Crippen molar-refractivity contribution >= 4 is 0 Å².